The van der Waals surface area contributed by atoms with Crippen molar-refractivity contribution in [2.45, 2.75) is 19.5 Å². The number of thiophene rings is 1. The maximum atomic E-state index is 12.5. The fourth-order valence-corrected chi connectivity index (χ4v) is 4.63. The van der Waals surface area contributed by atoms with Gasteiger partial charge in [0.25, 0.3) is 5.56 Å². The van der Waals surface area contributed by atoms with E-state index in [0.29, 0.717) is 18.8 Å². The van der Waals surface area contributed by atoms with Crippen molar-refractivity contribution in [2.24, 2.45) is 0 Å². The number of H-pyrrole nitrogens is 1. The molecule has 0 amide bonds. The number of nitrogens with zero attached hydrogens (tertiary/aromatic N) is 4. The van der Waals surface area contributed by atoms with Gasteiger partial charge < -0.3 is 4.98 Å². The second-order valence-corrected chi connectivity index (χ2v) is 7.85. The van der Waals surface area contributed by atoms with Crippen LogP contribution in [0.15, 0.2) is 53.8 Å². The van der Waals surface area contributed by atoms with Gasteiger partial charge in [-0.3, -0.25) is 9.69 Å². The van der Waals surface area contributed by atoms with Gasteiger partial charge in [0.1, 0.15) is 12.2 Å². The van der Waals surface area contributed by atoms with E-state index >= 15 is 0 Å². The number of aromatic nitrogens is 4. The largest absolute Gasteiger partial charge is 0.306 e. The number of fused-ring (bicyclic) bond motifs is 2. The zero-order valence-electron chi connectivity index (χ0n) is 14.6. The molecule has 7 heteroatoms. The van der Waals surface area contributed by atoms with Crippen molar-refractivity contribution in [3.8, 4) is 11.4 Å². The van der Waals surface area contributed by atoms with Crippen LogP contribution in [-0.4, -0.2) is 31.4 Å². The summed E-state index contributed by atoms with van der Waals surface area (Å²) >= 11 is 1.83. The van der Waals surface area contributed by atoms with E-state index in [1.165, 1.54) is 21.3 Å². The van der Waals surface area contributed by atoms with E-state index in [9.17, 15) is 4.79 Å². The molecule has 5 rings (SSSR count). The summed E-state index contributed by atoms with van der Waals surface area (Å²) in [6, 6.07) is 10.7. The van der Waals surface area contributed by atoms with Crippen LogP contribution in [0.25, 0.3) is 21.5 Å². The van der Waals surface area contributed by atoms with Crippen LogP contribution in [0.1, 0.15) is 16.1 Å². The molecule has 1 N–H and O–H groups in total. The van der Waals surface area contributed by atoms with Crippen molar-refractivity contribution < 1.29 is 0 Å². The third-order valence-corrected chi connectivity index (χ3v) is 5.94. The van der Waals surface area contributed by atoms with Crippen molar-refractivity contribution in [3.05, 3.63) is 75.5 Å². The Morgan fingerprint density at radius 1 is 1.19 bits per heavy atom. The van der Waals surface area contributed by atoms with Gasteiger partial charge in [-0.15, -0.1) is 11.3 Å². The van der Waals surface area contributed by atoms with Crippen molar-refractivity contribution in [1.82, 2.24) is 24.8 Å². The van der Waals surface area contributed by atoms with E-state index in [-0.39, 0.29) is 5.56 Å². The fraction of sp³-hybridized carbons (Fsp3) is 0.200. The summed E-state index contributed by atoms with van der Waals surface area (Å²) < 4.78 is 1.31. The first-order valence-electron chi connectivity index (χ1n) is 8.83. The lowest BCUT2D eigenvalue weighted by molar-refractivity contribution is 0.243. The number of hydrogen-bond donors (Lipinski definition) is 1. The number of nitrogens with one attached hydrogen (secondary N) is 1. The van der Waals surface area contributed by atoms with Crippen LogP contribution in [0.4, 0.5) is 0 Å². The van der Waals surface area contributed by atoms with Gasteiger partial charge in [0.15, 0.2) is 0 Å². The summed E-state index contributed by atoms with van der Waals surface area (Å²) in [5.74, 6) is 0.531. The summed E-state index contributed by atoms with van der Waals surface area (Å²) in [6.45, 7) is 2.41. The van der Waals surface area contributed by atoms with Gasteiger partial charge in [-0.2, -0.15) is 0 Å². The van der Waals surface area contributed by atoms with Crippen molar-refractivity contribution in [1.29, 1.82) is 0 Å². The van der Waals surface area contributed by atoms with Gasteiger partial charge in [-0.1, -0.05) is 18.2 Å². The molecular weight excluding hydrogens is 358 g/mol. The molecule has 1 aliphatic rings. The van der Waals surface area contributed by atoms with Gasteiger partial charge in [-0.05, 0) is 23.9 Å². The predicted molar refractivity (Wildman–Crippen MR) is 106 cm³/mol. The highest BCUT2D eigenvalue weighted by atomic mass is 32.1. The van der Waals surface area contributed by atoms with Crippen LogP contribution in [0.5, 0.6) is 0 Å². The van der Waals surface area contributed by atoms with Crippen molar-refractivity contribution >= 4 is 21.4 Å². The van der Waals surface area contributed by atoms with E-state index in [1.807, 2.05) is 11.3 Å². The molecule has 0 atom stereocenters. The molecule has 134 valence electrons. The Bertz CT molecular complexity index is 1130. The van der Waals surface area contributed by atoms with E-state index < -0.39 is 0 Å². The quantitative estimate of drug-likeness (QED) is 0.596. The van der Waals surface area contributed by atoms with E-state index in [4.69, 9.17) is 4.98 Å². The molecule has 4 aromatic rings. The number of hydrogen-bond acceptors (Lipinski definition) is 6. The molecule has 6 nitrogen and oxygen atoms in total. The highest BCUT2D eigenvalue weighted by molar-refractivity contribution is 7.19. The van der Waals surface area contributed by atoms with E-state index in [1.54, 1.807) is 12.4 Å². The highest BCUT2D eigenvalue weighted by Crippen LogP contribution is 2.27. The maximum absolute atomic E-state index is 12.5. The standard InChI is InChI=1S/C20H17N5OS/c26-20-16-5-6-25(10-15-7-13-3-1-2-4-18(13)27-15)11-17(16)23-19(24-20)14-8-21-12-22-9-14/h1-4,7-9,12H,5-6,10-11H2,(H,23,24,26). The molecule has 1 aliphatic heterocycles. The monoisotopic (exact) mass is 375 g/mol. The number of benzene rings is 1. The predicted octanol–water partition coefficient (Wildman–Crippen LogP) is 3.00. The molecule has 3 aromatic heterocycles. The Morgan fingerprint density at radius 2 is 2.04 bits per heavy atom. The topological polar surface area (TPSA) is 74.8 Å². The van der Waals surface area contributed by atoms with Crippen LogP contribution in [-0.2, 0) is 19.5 Å². The highest BCUT2D eigenvalue weighted by Gasteiger charge is 2.22. The van der Waals surface area contributed by atoms with Crippen molar-refractivity contribution in [3.63, 3.8) is 0 Å². The number of rotatable bonds is 3. The van der Waals surface area contributed by atoms with Crippen LogP contribution < -0.4 is 5.56 Å². The van der Waals surface area contributed by atoms with Gasteiger partial charge in [0, 0.05) is 47.2 Å². The summed E-state index contributed by atoms with van der Waals surface area (Å²) in [6.07, 6.45) is 5.51. The second-order valence-electron chi connectivity index (χ2n) is 6.68. The lowest BCUT2D eigenvalue weighted by atomic mass is 10.1. The molecular formula is C20H17N5OS. The molecule has 0 aliphatic carbocycles. The molecule has 0 spiro atoms. The first-order valence-corrected chi connectivity index (χ1v) is 9.65. The average molecular weight is 375 g/mol. The summed E-state index contributed by atoms with van der Waals surface area (Å²) in [5, 5.41) is 1.29. The molecule has 0 unspecified atom stereocenters. The molecule has 4 heterocycles. The maximum Gasteiger partial charge on any atom is 0.254 e. The zero-order chi connectivity index (χ0) is 18.2. The summed E-state index contributed by atoms with van der Waals surface area (Å²) in [7, 11) is 0. The Hall–Kier alpha value is -2.90. The minimum atomic E-state index is -0.0552. The van der Waals surface area contributed by atoms with Gasteiger partial charge in [-0.25, -0.2) is 15.0 Å². The molecule has 0 saturated heterocycles. The minimum absolute atomic E-state index is 0.0552. The second kappa shape index (κ2) is 6.68. The summed E-state index contributed by atoms with van der Waals surface area (Å²) in [5.41, 5.74) is 2.31. The fourth-order valence-electron chi connectivity index (χ4n) is 3.52. The number of aromatic amines is 1. The van der Waals surface area contributed by atoms with Gasteiger partial charge in [0.05, 0.1) is 11.3 Å². The first kappa shape index (κ1) is 16.3. The SMILES string of the molecule is O=c1[nH]c(-c2cncnc2)nc2c1CCN(Cc1cc3ccccc3s1)C2. The van der Waals surface area contributed by atoms with Crippen LogP contribution in [0.3, 0.4) is 0 Å². The molecule has 1 aromatic carbocycles. The Labute approximate surface area is 159 Å². The minimum Gasteiger partial charge on any atom is -0.306 e. The molecule has 0 saturated carbocycles. The molecule has 0 radical (unpaired) electrons. The lowest BCUT2D eigenvalue weighted by Crippen LogP contribution is -2.34. The smallest absolute Gasteiger partial charge is 0.254 e. The van der Waals surface area contributed by atoms with Gasteiger partial charge in [0.2, 0.25) is 0 Å². The van der Waals surface area contributed by atoms with Crippen LogP contribution in [0.2, 0.25) is 0 Å². The third-order valence-electron chi connectivity index (χ3n) is 4.84. The molecule has 27 heavy (non-hydrogen) atoms. The van der Waals surface area contributed by atoms with Crippen LogP contribution >= 0.6 is 11.3 Å². The molecule has 0 fully saturated rings. The third kappa shape index (κ3) is 3.15. The van der Waals surface area contributed by atoms with Crippen molar-refractivity contribution in [2.75, 3.05) is 6.54 Å². The normalized spacial score (nSPS) is 14.4. The molecule has 0 bridgehead atoms. The lowest BCUT2D eigenvalue weighted by Gasteiger charge is -2.27. The Kier molecular flexibility index (Phi) is 4.03. The van der Waals surface area contributed by atoms with E-state index in [2.05, 4.69) is 50.2 Å². The first-order chi connectivity index (χ1) is 13.3. The zero-order valence-corrected chi connectivity index (χ0v) is 15.4. The van der Waals surface area contributed by atoms with Gasteiger partial charge >= 0.3 is 0 Å². The Morgan fingerprint density at radius 3 is 2.89 bits per heavy atom. The average Bonchev–Trinajstić information content (AvgIpc) is 3.10. The van der Waals surface area contributed by atoms with Crippen LogP contribution in [0, 0.1) is 0 Å². The Balaban J connectivity index is 1.43. The summed E-state index contributed by atoms with van der Waals surface area (Å²) in [4.78, 5) is 31.8. The van der Waals surface area contributed by atoms with E-state index in [0.717, 1.165) is 29.9 Å².